The van der Waals surface area contributed by atoms with Crippen molar-refractivity contribution in [2.45, 2.75) is 32.7 Å². The summed E-state index contributed by atoms with van der Waals surface area (Å²) in [5.74, 6) is 2.08. The number of aromatic nitrogens is 1. The Labute approximate surface area is 73.2 Å². The number of hydrogen-bond acceptors (Lipinski definition) is 3. The third kappa shape index (κ3) is 1.85. The number of oxazole rings is 1. The monoisotopic (exact) mass is 168 g/mol. The average Bonchev–Trinajstić information content (AvgIpc) is 2.51. The summed E-state index contributed by atoms with van der Waals surface area (Å²) >= 11 is 0. The summed E-state index contributed by atoms with van der Waals surface area (Å²) in [6.07, 6.45) is 1.79. The minimum Gasteiger partial charge on any atom is -0.444 e. The Bertz CT molecular complexity index is 242. The molecule has 0 saturated heterocycles. The Morgan fingerprint density at radius 2 is 2.08 bits per heavy atom. The molecule has 0 bridgehead atoms. The maximum absolute atomic E-state index is 5.52. The molecule has 1 rings (SSSR count). The number of nitrogens with zero attached hydrogens (tertiary/aromatic N) is 1. The van der Waals surface area contributed by atoms with Gasteiger partial charge in [0.2, 0.25) is 0 Å². The summed E-state index contributed by atoms with van der Waals surface area (Å²) in [6.45, 7) is 6.18. The lowest BCUT2D eigenvalue weighted by Gasteiger charge is -2.04. The van der Waals surface area contributed by atoms with Gasteiger partial charge in [-0.3, -0.25) is 0 Å². The highest BCUT2D eigenvalue weighted by Gasteiger charge is 2.11. The Morgan fingerprint density at radius 1 is 1.42 bits per heavy atom. The van der Waals surface area contributed by atoms with Gasteiger partial charge in [-0.2, -0.15) is 0 Å². The molecule has 0 aromatic carbocycles. The van der Waals surface area contributed by atoms with Crippen LogP contribution in [0.2, 0.25) is 0 Å². The van der Waals surface area contributed by atoms with Crippen LogP contribution < -0.4 is 5.32 Å². The fourth-order valence-corrected chi connectivity index (χ4v) is 0.910. The molecule has 0 radical (unpaired) electrons. The maximum Gasteiger partial charge on any atom is 0.196 e. The first kappa shape index (κ1) is 9.26. The Morgan fingerprint density at radius 3 is 2.50 bits per heavy atom. The number of rotatable bonds is 3. The van der Waals surface area contributed by atoms with Gasteiger partial charge in [0.05, 0.1) is 12.2 Å². The highest BCUT2D eigenvalue weighted by molar-refractivity contribution is 5.01. The molecule has 0 spiro atoms. The predicted molar refractivity (Wildman–Crippen MR) is 48.1 cm³/mol. The van der Waals surface area contributed by atoms with Crippen molar-refractivity contribution in [3.8, 4) is 0 Å². The van der Waals surface area contributed by atoms with Crippen LogP contribution in [0.15, 0.2) is 10.6 Å². The van der Waals surface area contributed by atoms with Crippen LogP contribution >= 0.6 is 0 Å². The van der Waals surface area contributed by atoms with Gasteiger partial charge in [0.25, 0.3) is 0 Å². The Balaban J connectivity index is 2.77. The van der Waals surface area contributed by atoms with E-state index in [-0.39, 0.29) is 6.04 Å². The van der Waals surface area contributed by atoms with E-state index in [1.54, 1.807) is 6.20 Å². The molecule has 3 heteroatoms. The third-order valence-electron chi connectivity index (χ3n) is 1.90. The summed E-state index contributed by atoms with van der Waals surface area (Å²) in [5.41, 5.74) is 0. The van der Waals surface area contributed by atoms with E-state index in [0.717, 1.165) is 11.7 Å². The van der Waals surface area contributed by atoms with E-state index in [2.05, 4.69) is 24.1 Å². The van der Waals surface area contributed by atoms with Gasteiger partial charge in [-0.1, -0.05) is 13.8 Å². The van der Waals surface area contributed by atoms with E-state index in [0.29, 0.717) is 5.92 Å². The smallest absolute Gasteiger partial charge is 0.196 e. The van der Waals surface area contributed by atoms with Crippen molar-refractivity contribution < 1.29 is 4.42 Å². The van der Waals surface area contributed by atoms with Crippen LogP contribution in [-0.4, -0.2) is 12.0 Å². The zero-order valence-corrected chi connectivity index (χ0v) is 8.09. The van der Waals surface area contributed by atoms with Crippen molar-refractivity contribution in [2.75, 3.05) is 7.05 Å². The molecule has 1 unspecified atom stereocenters. The molecule has 1 N–H and O–H groups in total. The van der Waals surface area contributed by atoms with E-state index in [4.69, 9.17) is 4.42 Å². The second-order valence-electron chi connectivity index (χ2n) is 3.27. The van der Waals surface area contributed by atoms with E-state index in [1.807, 2.05) is 14.0 Å². The average molecular weight is 168 g/mol. The van der Waals surface area contributed by atoms with E-state index < -0.39 is 0 Å². The normalized spacial score (nSPS) is 13.8. The predicted octanol–water partition coefficient (Wildman–Crippen LogP) is 2.08. The van der Waals surface area contributed by atoms with Crippen molar-refractivity contribution in [1.29, 1.82) is 0 Å². The SMILES string of the molecule is CNC(C)c1cnc(C(C)C)o1. The lowest BCUT2D eigenvalue weighted by atomic mass is 10.2. The first-order valence-corrected chi connectivity index (χ1v) is 4.28. The second-order valence-corrected chi connectivity index (χ2v) is 3.27. The zero-order valence-electron chi connectivity index (χ0n) is 8.09. The molecule has 1 heterocycles. The molecule has 3 nitrogen and oxygen atoms in total. The summed E-state index contributed by atoms with van der Waals surface area (Å²) in [7, 11) is 1.90. The molecular weight excluding hydrogens is 152 g/mol. The Kier molecular flexibility index (Phi) is 2.87. The zero-order chi connectivity index (χ0) is 9.14. The van der Waals surface area contributed by atoms with Crippen molar-refractivity contribution in [3.63, 3.8) is 0 Å². The van der Waals surface area contributed by atoms with Gasteiger partial charge in [-0.05, 0) is 14.0 Å². The van der Waals surface area contributed by atoms with Crippen LogP contribution in [0.4, 0.5) is 0 Å². The van der Waals surface area contributed by atoms with E-state index in [9.17, 15) is 0 Å². The van der Waals surface area contributed by atoms with Crippen LogP contribution in [-0.2, 0) is 0 Å². The minimum absolute atomic E-state index is 0.241. The van der Waals surface area contributed by atoms with Gasteiger partial charge < -0.3 is 9.73 Å². The Hall–Kier alpha value is -0.830. The van der Waals surface area contributed by atoms with Crippen LogP contribution in [0.3, 0.4) is 0 Å². The topological polar surface area (TPSA) is 38.1 Å². The van der Waals surface area contributed by atoms with Crippen LogP contribution in [0.5, 0.6) is 0 Å². The van der Waals surface area contributed by atoms with Crippen molar-refractivity contribution in [2.24, 2.45) is 0 Å². The van der Waals surface area contributed by atoms with Gasteiger partial charge in [0, 0.05) is 5.92 Å². The molecule has 0 saturated carbocycles. The quantitative estimate of drug-likeness (QED) is 0.750. The van der Waals surface area contributed by atoms with Crippen molar-refractivity contribution >= 4 is 0 Å². The standard InChI is InChI=1S/C9H16N2O/c1-6(2)9-11-5-8(12-9)7(3)10-4/h5-7,10H,1-4H3. The first-order chi connectivity index (χ1) is 5.65. The molecule has 1 aromatic heterocycles. The molecule has 1 aromatic rings. The highest BCUT2D eigenvalue weighted by Crippen LogP contribution is 2.18. The lowest BCUT2D eigenvalue weighted by molar-refractivity contribution is 0.401. The second kappa shape index (κ2) is 3.72. The fraction of sp³-hybridized carbons (Fsp3) is 0.667. The third-order valence-corrected chi connectivity index (χ3v) is 1.90. The minimum atomic E-state index is 0.241. The van der Waals surface area contributed by atoms with Gasteiger partial charge in [-0.15, -0.1) is 0 Å². The molecular formula is C9H16N2O. The molecule has 0 aliphatic rings. The van der Waals surface area contributed by atoms with E-state index in [1.165, 1.54) is 0 Å². The molecule has 12 heavy (non-hydrogen) atoms. The fourth-order valence-electron chi connectivity index (χ4n) is 0.910. The number of nitrogens with one attached hydrogen (secondary N) is 1. The van der Waals surface area contributed by atoms with Crippen molar-refractivity contribution in [1.82, 2.24) is 10.3 Å². The van der Waals surface area contributed by atoms with Gasteiger partial charge in [0.15, 0.2) is 5.89 Å². The molecule has 0 aliphatic carbocycles. The summed E-state index contributed by atoms with van der Waals surface area (Å²) in [4.78, 5) is 4.18. The lowest BCUT2D eigenvalue weighted by Crippen LogP contribution is -2.11. The van der Waals surface area contributed by atoms with Gasteiger partial charge >= 0.3 is 0 Å². The first-order valence-electron chi connectivity index (χ1n) is 4.28. The van der Waals surface area contributed by atoms with Crippen LogP contribution in [0, 0.1) is 0 Å². The molecule has 0 amide bonds. The molecule has 0 aliphatic heterocycles. The molecule has 0 fully saturated rings. The largest absolute Gasteiger partial charge is 0.444 e. The van der Waals surface area contributed by atoms with Crippen LogP contribution in [0.1, 0.15) is 44.4 Å². The summed E-state index contributed by atoms with van der Waals surface area (Å²) in [5, 5.41) is 3.10. The van der Waals surface area contributed by atoms with Crippen molar-refractivity contribution in [3.05, 3.63) is 17.8 Å². The molecule has 1 atom stereocenters. The summed E-state index contributed by atoms with van der Waals surface area (Å²) in [6, 6.07) is 0.241. The molecule has 68 valence electrons. The summed E-state index contributed by atoms with van der Waals surface area (Å²) < 4.78 is 5.52. The van der Waals surface area contributed by atoms with Gasteiger partial charge in [-0.25, -0.2) is 4.98 Å². The highest BCUT2D eigenvalue weighted by atomic mass is 16.4. The van der Waals surface area contributed by atoms with Crippen LogP contribution in [0.25, 0.3) is 0 Å². The van der Waals surface area contributed by atoms with E-state index >= 15 is 0 Å². The maximum atomic E-state index is 5.52. The number of hydrogen-bond donors (Lipinski definition) is 1. The van der Waals surface area contributed by atoms with Gasteiger partial charge in [0.1, 0.15) is 5.76 Å².